The minimum atomic E-state index is -0.0240. The molecule has 0 aliphatic rings. The summed E-state index contributed by atoms with van der Waals surface area (Å²) in [5, 5.41) is 6.25. The minimum absolute atomic E-state index is 0.0236. The smallest absolute Gasteiger partial charge is 0.226 e. The molecule has 2 unspecified atom stereocenters. The Morgan fingerprint density at radius 3 is 2.37 bits per heavy atom. The van der Waals surface area contributed by atoms with Gasteiger partial charge in [0.1, 0.15) is 0 Å². The Labute approximate surface area is 115 Å². The first-order valence-electron chi connectivity index (χ1n) is 6.64. The van der Waals surface area contributed by atoms with Gasteiger partial charge in [0, 0.05) is 30.4 Å². The fourth-order valence-electron chi connectivity index (χ4n) is 1.56. The van der Waals surface area contributed by atoms with Crippen LogP contribution in [0.25, 0.3) is 0 Å². The number of rotatable bonds is 6. The molecule has 0 fully saturated rings. The van der Waals surface area contributed by atoms with Gasteiger partial charge in [0.2, 0.25) is 5.91 Å². The highest BCUT2D eigenvalue weighted by atomic mass is 16.5. The molecule has 0 radical (unpaired) electrons. The molecule has 0 saturated heterocycles. The highest BCUT2D eigenvalue weighted by Crippen LogP contribution is 2.17. The Bertz CT molecular complexity index is 418. The van der Waals surface area contributed by atoms with E-state index in [0.717, 1.165) is 11.4 Å². The lowest BCUT2D eigenvalue weighted by atomic mass is 10.1. The second-order valence-corrected chi connectivity index (χ2v) is 5.10. The predicted octanol–water partition coefficient (Wildman–Crippen LogP) is 3.12. The summed E-state index contributed by atoms with van der Waals surface area (Å²) < 4.78 is 5.28. The molecule has 2 N–H and O–H groups in total. The van der Waals surface area contributed by atoms with Gasteiger partial charge in [-0.15, -0.1) is 0 Å². The Hall–Kier alpha value is -1.55. The summed E-state index contributed by atoms with van der Waals surface area (Å²) in [5.74, 6) is -0.000453. The monoisotopic (exact) mass is 264 g/mol. The van der Waals surface area contributed by atoms with Crippen molar-refractivity contribution >= 4 is 17.3 Å². The van der Waals surface area contributed by atoms with Crippen LogP contribution in [0.4, 0.5) is 11.4 Å². The second-order valence-electron chi connectivity index (χ2n) is 5.10. The van der Waals surface area contributed by atoms with Crippen molar-refractivity contribution in [1.29, 1.82) is 0 Å². The highest BCUT2D eigenvalue weighted by Gasteiger charge is 2.11. The molecule has 106 valence electrons. The maximum atomic E-state index is 11.6. The van der Waals surface area contributed by atoms with Crippen molar-refractivity contribution in [3.8, 4) is 0 Å². The number of carbonyl (C=O) groups excluding carboxylic acids is 1. The van der Waals surface area contributed by atoms with E-state index in [9.17, 15) is 4.79 Å². The lowest BCUT2D eigenvalue weighted by Gasteiger charge is -2.21. The quantitative estimate of drug-likeness (QED) is 0.830. The summed E-state index contributed by atoms with van der Waals surface area (Å²) in [6.45, 7) is 7.83. The number of methoxy groups -OCH3 is 1. The molecule has 2 atom stereocenters. The molecular formula is C15H24N2O2. The van der Waals surface area contributed by atoms with Gasteiger partial charge in [0.25, 0.3) is 0 Å². The van der Waals surface area contributed by atoms with Crippen LogP contribution in [-0.2, 0) is 9.53 Å². The summed E-state index contributed by atoms with van der Waals surface area (Å²) >= 11 is 0. The zero-order chi connectivity index (χ0) is 14.4. The normalized spacial score (nSPS) is 14.0. The van der Waals surface area contributed by atoms with Gasteiger partial charge >= 0.3 is 0 Å². The number of anilines is 2. The molecule has 0 aliphatic carbocycles. The predicted molar refractivity (Wildman–Crippen MR) is 79.5 cm³/mol. The molecule has 4 nitrogen and oxygen atoms in total. The van der Waals surface area contributed by atoms with Crippen LogP contribution in [0, 0.1) is 5.92 Å². The number of benzene rings is 1. The third kappa shape index (κ3) is 4.91. The van der Waals surface area contributed by atoms with Crippen LogP contribution < -0.4 is 10.6 Å². The van der Waals surface area contributed by atoms with E-state index in [0.29, 0.717) is 0 Å². The number of carbonyl (C=O) groups is 1. The molecule has 4 heteroatoms. The van der Waals surface area contributed by atoms with Gasteiger partial charge in [0.15, 0.2) is 0 Å². The van der Waals surface area contributed by atoms with Crippen LogP contribution in [-0.4, -0.2) is 25.2 Å². The molecule has 1 aromatic carbocycles. The second kappa shape index (κ2) is 7.14. The molecular weight excluding hydrogens is 240 g/mol. The van der Waals surface area contributed by atoms with E-state index in [-0.39, 0.29) is 24.0 Å². The van der Waals surface area contributed by atoms with E-state index in [1.54, 1.807) is 7.11 Å². The van der Waals surface area contributed by atoms with Crippen molar-refractivity contribution in [3.63, 3.8) is 0 Å². The van der Waals surface area contributed by atoms with Crippen molar-refractivity contribution < 1.29 is 9.53 Å². The lowest BCUT2D eigenvalue weighted by molar-refractivity contribution is -0.118. The van der Waals surface area contributed by atoms with E-state index < -0.39 is 0 Å². The highest BCUT2D eigenvalue weighted by molar-refractivity contribution is 5.92. The standard InChI is InChI=1S/C15H24N2O2/c1-10(2)15(18)17-14-8-6-7-13(9-14)16-11(3)12(4)19-5/h6-12,16H,1-5H3,(H,17,18). The van der Waals surface area contributed by atoms with Gasteiger partial charge in [0.05, 0.1) is 6.10 Å². The van der Waals surface area contributed by atoms with Crippen LogP contribution in [0.2, 0.25) is 0 Å². The number of nitrogens with one attached hydrogen (secondary N) is 2. The zero-order valence-electron chi connectivity index (χ0n) is 12.4. The number of amides is 1. The summed E-state index contributed by atoms with van der Waals surface area (Å²) in [6.07, 6.45) is 0.119. The Morgan fingerprint density at radius 2 is 1.79 bits per heavy atom. The van der Waals surface area contributed by atoms with Crippen LogP contribution in [0.3, 0.4) is 0 Å². The zero-order valence-corrected chi connectivity index (χ0v) is 12.4. The number of hydrogen-bond donors (Lipinski definition) is 2. The Kier molecular flexibility index (Phi) is 5.83. The van der Waals surface area contributed by atoms with E-state index in [2.05, 4.69) is 17.6 Å². The molecule has 0 bridgehead atoms. The average molecular weight is 264 g/mol. The van der Waals surface area contributed by atoms with Crippen molar-refractivity contribution in [1.82, 2.24) is 0 Å². The molecule has 0 saturated carbocycles. The molecule has 0 heterocycles. The summed E-state index contributed by atoms with van der Waals surface area (Å²) in [7, 11) is 1.70. The molecule has 0 spiro atoms. The third-order valence-corrected chi connectivity index (χ3v) is 3.12. The van der Waals surface area contributed by atoms with Crippen molar-refractivity contribution in [2.24, 2.45) is 5.92 Å². The Balaban J connectivity index is 2.69. The molecule has 19 heavy (non-hydrogen) atoms. The maximum absolute atomic E-state index is 11.6. The van der Waals surface area contributed by atoms with E-state index in [1.807, 2.05) is 45.0 Å². The summed E-state index contributed by atoms with van der Waals surface area (Å²) in [5.41, 5.74) is 1.78. The fourth-order valence-corrected chi connectivity index (χ4v) is 1.56. The minimum Gasteiger partial charge on any atom is -0.380 e. The average Bonchev–Trinajstić information content (AvgIpc) is 2.37. The third-order valence-electron chi connectivity index (χ3n) is 3.12. The van der Waals surface area contributed by atoms with Crippen LogP contribution >= 0.6 is 0 Å². The first kappa shape index (κ1) is 15.5. The largest absolute Gasteiger partial charge is 0.380 e. The van der Waals surface area contributed by atoms with Crippen LogP contribution in [0.1, 0.15) is 27.7 Å². The number of ether oxygens (including phenoxy) is 1. The molecule has 0 aromatic heterocycles. The summed E-state index contributed by atoms with van der Waals surface area (Å²) in [4.78, 5) is 11.6. The van der Waals surface area contributed by atoms with E-state index in [1.165, 1.54) is 0 Å². The Morgan fingerprint density at radius 1 is 1.16 bits per heavy atom. The maximum Gasteiger partial charge on any atom is 0.226 e. The topological polar surface area (TPSA) is 50.4 Å². The van der Waals surface area contributed by atoms with Gasteiger partial charge in [-0.3, -0.25) is 4.79 Å². The first-order chi connectivity index (χ1) is 8.93. The van der Waals surface area contributed by atoms with Crippen molar-refractivity contribution in [2.45, 2.75) is 39.8 Å². The van der Waals surface area contributed by atoms with Crippen LogP contribution in [0.5, 0.6) is 0 Å². The lowest BCUT2D eigenvalue weighted by Crippen LogP contribution is -2.29. The van der Waals surface area contributed by atoms with Crippen LogP contribution in [0.15, 0.2) is 24.3 Å². The molecule has 1 amide bonds. The van der Waals surface area contributed by atoms with Gasteiger partial charge < -0.3 is 15.4 Å². The van der Waals surface area contributed by atoms with Crippen molar-refractivity contribution in [2.75, 3.05) is 17.7 Å². The van der Waals surface area contributed by atoms with Crippen molar-refractivity contribution in [3.05, 3.63) is 24.3 Å². The fraction of sp³-hybridized carbons (Fsp3) is 0.533. The SMILES string of the molecule is COC(C)C(C)Nc1cccc(NC(=O)C(C)C)c1. The van der Waals surface area contributed by atoms with E-state index in [4.69, 9.17) is 4.74 Å². The number of hydrogen-bond acceptors (Lipinski definition) is 3. The summed E-state index contributed by atoms with van der Waals surface area (Å²) in [6, 6.07) is 7.91. The molecule has 0 aliphatic heterocycles. The van der Waals surface area contributed by atoms with E-state index >= 15 is 0 Å². The first-order valence-corrected chi connectivity index (χ1v) is 6.64. The van der Waals surface area contributed by atoms with Gasteiger partial charge in [-0.05, 0) is 32.0 Å². The van der Waals surface area contributed by atoms with Gasteiger partial charge in [-0.1, -0.05) is 19.9 Å². The molecule has 1 rings (SSSR count). The molecule has 1 aromatic rings. The van der Waals surface area contributed by atoms with Gasteiger partial charge in [-0.25, -0.2) is 0 Å². The van der Waals surface area contributed by atoms with Gasteiger partial charge in [-0.2, -0.15) is 0 Å².